The van der Waals surface area contributed by atoms with E-state index in [0.29, 0.717) is 12.5 Å². The molecular weight excluding hydrogens is 248 g/mol. The molecule has 0 aromatic heterocycles. The average molecular weight is 272 g/mol. The Morgan fingerprint density at radius 2 is 2.05 bits per heavy atom. The lowest BCUT2D eigenvalue weighted by Gasteiger charge is -2.41. The Hall–Kier alpha value is -1.39. The summed E-state index contributed by atoms with van der Waals surface area (Å²) in [6.07, 6.45) is 3.29. The molecule has 0 aliphatic carbocycles. The molecule has 1 aromatic rings. The monoisotopic (exact) mass is 272 g/mol. The van der Waals surface area contributed by atoms with Gasteiger partial charge in [0.2, 0.25) is 0 Å². The summed E-state index contributed by atoms with van der Waals surface area (Å²) >= 11 is 0. The highest BCUT2D eigenvalue weighted by atomic mass is 15.3. The van der Waals surface area contributed by atoms with Gasteiger partial charge in [-0.15, -0.1) is 0 Å². The van der Waals surface area contributed by atoms with Crippen LogP contribution in [0.15, 0.2) is 30.3 Å². The lowest BCUT2D eigenvalue weighted by Crippen LogP contribution is -2.51. The van der Waals surface area contributed by atoms with Crippen LogP contribution in [0.5, 0.6) is 0 Å². The maximum Gasteiger partial charge on any atom is 0.0924 e. The first-order valence-electron chi connectivity index (χ1n) is 7.60. The summed E-state index contributed by atoms with van der Waals surface area (Å²) in [6.45, 7) is 4.63. The van der Waals surface area contributed by atoms with E-state index in [1.54, 1.807) is 0 Å². The highest BCUT2D eigenvalue weighted by Crippen LogP contribution is 2.30. The van der Waals surface area contributed by atoms with Gasteiger partial charge >= 0.3 is 0 Å². The van der Waals surface area contributed by atoms with Crippen LogP contribution in [0.3, 0.4) is 0 Å². The molecule has 2 aliphatic heterocycles. The molecule has 3 rings (SSSR count). The molecule has 0 bridgehead atoms. The summed E-state index contributed by atoms with van der Waals surface area (Å²) in [5, 5.41) is 7.68. The zero-order valence-corrected chi connectivity index (χ0v) is 12.0. The minimum Gasteiger partial charge on any atom is -0.388 e. The standard InChI is InChI=1S/C16H24N4/c17-16(18)11-15(13-5-2-1-3-6-13)20-10-9-19-8-4-7-14(19)12-20/h1-3,5-6,14-15H,4,7-12H2,(H3,17,18). The minimum atomic E-state index is 0.261. The summed E-state index contributed by atoms with van der Waals surface area (Å²) < 4.78 is 0. The molecule has 2 aliphatic rings. The van der Waals surface area contributed by atoms with Crippen LogP contribution in [-0.4, -0.2) is 47.9 Å². The first-order valence-corrected chi connectivity index (χ1v) is 7.60. The SMILES string of the molecule is N=C(N)CC(c1ccccc1)N1CCN2CCCC2C1. The zero-order valence-electron chi connectivity index (χ0n) is 12.0. The Morgan fingerprint density at radius 3 is 2.80 bits per heavy atom. The summed E-state index contributed by atoms with van der Waals surface area (Å²) in [6, 6.07) is 11.5. The van der Waals surface area contributed by atoms with Crippen LogP contribution in [0.1, 0.15) is 30.9 Å². The highest BCUT2D eigenvalue weighted by Gasteiger charge is 2.33. The second kappa shape index (κ2) is 5.94. The smallest absolute Gasteiger partial charge is 0.0924 e. The molecule has 2 atom stereocenters. The van der Waals surface area contributed by atoms with Crippen molar-refractivity contribution in [3.63, 3.8) is 0 Å². The number of hydrogen-bond acceptors (Lipinski definition) is 3. The van der Waals surface area contributed by atoms with Gasteiger partial charge in [0.1, 0.15) is 0 Å². The molecule has 3 N–H and O–H groups in total. The molecule has 0 saturated carbocycles. The molecule has 20 heavy (non-hydrogen) atoms. The second-order valence-electron chi connectivity index (χ2n) is 5.98. The van der Waals surface area contributed by atoms with Crippen LogP contribution in [0.4, 0.5) is 0 Å². The largest absolute Gasteiger partial charge is 0.388 e. The van der Waals surface area contributed by atoms with Gasteiger partial charge in [-0.1, -0.05) is 30.3 Å². The van der Waals surface area contributed by atoms with Crippen molar-refractivity contribution in [1.29, 1.82) is 5.41 Å². The van der Waals surface area contributed by atoms with Crippen molar-refractivity contribution in [2.75, 3.05) is 26.2 Å². The Morgan fingerprint density at radius 1 is 1.25 bits per heavy atom. The molecule has 2 saturated heterocycles. The molecule has 4 heteroatoms. The van der Waals surface area contributed by atoms with E-state index in [1.807, 2.05) is 6.07 Å². The van der Waals surface area contributed by atoms with Crippen LogP contribution in [0.25, 0.3) is 0 Å². The van der Waals surface area contributed by atoms with Crippen LogP contribution in [-0.2, 0) is 0 Å². The van der Waals surface area contributed by atoms with E-state index in [-0.39, 0.29) is 11.9 Å². The number of piperazine rings is 1. The van der Waals surface area contributed by atoms with Gasteiger partial charge in [-0.25, -0.2) is 0 Å². The van der Waals surface area contributed by atoms with E-state index in [4.69, 9.17) is 11.1 Å². The Balaban J connectivity index is 1.77. The van der Waals surface area contributed by atoms with Gasteiger partial charge in [0.15, 0.2) is 0 Å². The number of nitrogens with zero attached hydrogens (tertiary/aromatic N) is 2. The molecule has 0 radical (unpaired) electrons. The molecule has 2 fully saturated rings. The first kappa shape index (κ1) is 13.6. The second-order valence-corrected chi connectivity index (χ2v) is 5.98. The van der Waals surface area contributed by atoms with E-state index < -0.39 is 0 Å². The molecular formula is C16H24N4. The quantitative estimate of drug-likeness (QED) is 0.649. The number of hydrogen-bond donors (Lipinski definition) is 2. The number of nitrogens with one attached hydrogen (secondary N) is 1. The first-order chi connectivity index (χ1) is 9.74. The van der Waals surface area contributed by atoms with E-state index in [0.717, 1.165) is 19.6 Å². The zero-order chi connectivity index (χ0) is 13.9. The van der Waals surface area contributed by atoms with Crippen molar-refractivity contribution < 1.29 is 0 Å². The molecule has 2 heterocycles. The Bertz CT molecular complexity index is 459. The van der Waals surface area contributed by atoms with Crippen LogP contribution in [0.2, 0.25) is 0 Å². The number of amidine groups is 1. The topological polar surface area (TPSA) is 56.4 Å². The van der Waals surface area contributed by atoms with Gasteiger partial charge in [-0.05, 0) is 24.9 Å². The fourth-order valence-electron chi connectivity index (χ4n) is 3.64. The van der Waals surface area contributed by atoms with Gasteiger partial charge in [0, 0.05) is 38.1 Å². The van der Waals surface area contributed by atoms with E-state index in [2.05, 4.69) is 34.1 Å². The highest BCUT2D eigenvalue weighted by molar-refractivity contribution is 5.77. The van der Waals surface area contributed by atoms with Crippen LogP contribution < -0.4 is 5.73 Å². The van der Waals surface area contributed by atoms with E-state index in [9.17, 15) is 0 Å². The minimum absolute atomic E-state index is 0.261. The van der Waals surface area contributed by atoms with Crippen molar-refractivity contribution in [2.45, 2.75) is 31.3 Å². The van der Waals surface area contributed by atoms with Crippen molar-refractivity contribution in [1.82, 2.24) is 9.80 Å². The van der Waals surface area contributed by atoms with Crippen molar-refractivity contribution in [3.8, 4) is 0 Å². The number of fused-ring (bicyclic) bond motifs is 1. The Kier molecular flexibility index (Phi) is 4.03. The van der Waals surface area contributed by atoms with Crippen molar-refractivity contribution >= 4 is 5.84 Å². The lowest BCUT2D eigenvalue weighted by atomic mass is 9.99. The molecule has 4 nitrogen and oxygen atoms in total. The predicted molar refractivity (Wildman–Crippen MR) is 81.9 cm³/mol. The van der Waals surface area contributed by atoms with Gasteiger partial charge < -0.3 is 5.73 Å². The summed E-state index contributed by atoms with van der Waals surface area (Å²) in [5.74, 6) is 0.285. The average Bonchev–Trinajstić information content (AvgIpc) is 2.93. The number of nitrogens with two attached hydrogens (primary N) is 1. The molecule has 0 amide bonds. The van der Waals surface area contributed by atoms with Crippen LogP contribution >= 0.6 is 0 Å². The van der Waals surface area contributed by atoms with Gasteiger partial charge in [-0.2, -0.15) is 0 Å². The van der Waals surface area contributed by atoms with E-state index in [1.165, 1.54) is 24.9 Å². The molecule has 0 spiro atoms. The maximum atomic E-state index is 7.68. The third-order valence-electron chi connectivity index (χ3n) is 4.66. The number of benzene rings is 1. The van der Waals surface area contributed by atoms with Gasteiger partial charge in [-0.3, -0.25) is 15.2 Å². The fourth-order valence-corrected chi connectivity index (χ4v) is 3.64. The normalized spacial score (nSPS) is 25.3. The third-order valence-corrected chi connectivity index (χ3v) is 4.66. The summed E-state index contributed by atoms with van der Waals surface area (Å²) in [5.41, 5.74) is 6.98. The van der Waals surface area contributed by atoms with Gasteiger partial charge in [0.05, 0.1) is 5.84 Å². The van der Waals surface area contributed by atoms with Crippen LogP contribution in [0, 0.1) is 5.41 Å². The van der Waals surface area contributed by atoms with Crippen molar-refractivity contribution in [2.24, 2.45) is 5.73 Å². The third kappa shape index (κ3) is 2.86. The fraction of sp³-hybridized carbons (Fsp3) is 0.562. The lowest BCUT2D eigenvalue weighted by molar-refractivity contribution is 0.0731. The molecule has 108 valence electrons. The summed E-state index contributed by atoms with van der Waals surface area (Å²) in [7, 11) is 0. The Labute approximate surface area is 121 Å². The molecule has 1 aromatic carbocycles. The van der Waals surface area contributed by atoms with Crippen molar-refractivity contribution in [3.05, 3.63) is 35.9 Å². The maximum absolute atomic E-state index is 7.68. The summed E-state index contributed by atoms with van der Waals surface area (Å²) in [4.78, 5) is 5.15. The molecule has 2 unspecified atom stereocenters. The number of rotatable bonds is 4. The predicted octanol–water partition coefficient (Wildman–Crippen LogP) is 1.83. The van der Waals surface area contributed by atoms with Gasteiger partial charge in [0.25, 0.3) is 0 Å². The van der Waals surface area contributed by atoms with E-state index >= 15 is 0 Å².